The van der Waals surface area contributed by atoms with E-state index in [1.807, 2.05) is 7.05 Å². The molecule has 18 heavy (non-hydrogen) atoms. The van der Waals surface area contributed by atoms with Gasteiger partial charge >= 0.3 is 6.03 Å². The normalized spacial score (nSPS) is 19.8. The van der Waals surface area contributed by atoms with Crippen molar-refractivity contribution in [3.63, 3.8) is 0 Å². The van der Waals surface area contributed by atoms with Gasteiger partial charge in [-0.2, -0.15) is 4.39 Å². The number of likely N-dealkylation sites (N-methyl/N-ethyl adjacent to an activating group) is 2. The van der Waals surface area contributed by atoms with Crippen LogP contribution in [0.1, 0.15) is 6.42 Å². The van der Waals surface area contributed by atoms with Crippen LogP contribution in [0.2, 0.25) is 0 Å². The molecule has 0 radical (unpaired) electrons. The van der Waals surface area contributed by atoms with E-state index in [0.29, 0.717) is 5.69 Å². The Bertz CT molecular complexity index is 423. The number of nitrogens with zero attached hydrogens (tertiary/aromatic N) is 3. The van der Waals surface area contributed by atoms with E-state index in [2.05, 4.69) is 15.2 Å². The lowest BCUT2D eigenvalue weighted by Crippen LogP contribution is -2.41. The van der Waals surface area contributed by atoms with Crippen LogP contribution in [0.4, 0.5) is 14.9 Å². The Balaban J connectivity index is 1.93. The molecule has 1 fully saturated rings. The fourth-order valence-corrected chi connectivity index (χ4v) is 2.06. The van der Waals surface area contributed by atoms with Gasteiger partial charge in [0, 0.05) is 19.6 Å². The number of pyridine rings is 1. The lowest BCUT2D eigenvalue weighted by molar-refractivity contribution is 0.204. The topological polar surface area (TPSA) is 48.5 Å². The molecular weight excluding hydrogens is 235 g/mol. The highest BCUT2D eigenvalue weighted by molar-refractivity contribution is 5.89. The molecule has 1 aliphatic rings. The van der Waals surface area contributed by atoms with Gasteiger partial charge in [-0.3, -0.25) is 0 Å². The molecule has 0 aliphatic carbocycles. The summed E-state index contributed by atoms with van der Waals surface area (Å²) in [6, 6.07) is 2.75. The average molecular weight is 252 g/mol. The highest BCUT2D eigenvalue weighted by Gasteiger charge is 2.26. The predicted octanol–water partition coefficient (Wildman–Crippen LogP) is 1.39. The van der Waals surface area contributed by atoms with Crippen molar-refractivity contribution in [2.75, 3.05) is 32.5 Å². The minimum Gasteiger partial charge on any atom is -0.323 e. The van der Waals surface area contributed by atoms with Crippen LogP contribution >= 0.6 is 0 Å². The van der Waals surface area contributed by atoms with Crippen molar-refractivity contribution < 1.29 is 9.18 Å². The summed E-state index contributed by atoms with van der Waals surface area (Å²) < 4.78 is 12.6. The second-order valence-electron chi connectivity index (χ2n) is 4.62. The molecule has 2 heterocycles. The lowest BCUT2D eigenvalue weighted by atomic mass is 10.2. The highest BCUT2D eigenvalue weighted by atomic mass is 19.1. The number of rotatable bonds is 2. The number of aromatic nitrogens is 1. The van der Waals surface area contributed by atoms with Crippen LogP contribution < -0.4 is 5.32 Å². The summed E-state index contributed by atoms with van der Waals surface area (Å²) >= 11 is 0. The first-order valence-electron chi connectivity index (χ1n) is 5.90. The second-order valence-corrected chi connectivity index (χ2v) is 4.62. The van der Waals surface area contributed by atoms with E-state index in [1.165, 1.54) is 18.3 Å². The van der Waals surface area contributed by atoms with Gasteiger partial charge < -0.3 is 15.1 Å². The minimum atomic E-state index is -0.557. The first kappa shape index (κ1) is 12.8. The number of carbonyl (C=O) groups excluding carboxylic acids is 1. The molecule has 98 valence electrons. The fraction of sp³-hybridized carbons (Fsp3) is 0.500. The third-order valence-corrected chi connectivity index (χ3v) is 3.21. The molecule has 5 nitrogen and oxygen atoms in total. The third-order valence-electron chi connectivity index (χ3n) is 3.21. The molecule has 1 saturated heterocycles. The van der Waals surface area contributed by atoms with E-state index in [1.54, 1.807) is 11.9 Å². The van der Waals surface area contributed by atoms with Gasteiger partial charge in [0.05, 0.1) is 11.9 Å². The van der Waals surface area contributed by atoms with E-state index in [4.69, 9.17) is 0 Å². The maximum absolute atomic E-state index is 12.6. The van der Waals surface area contributed by atoms with Gasteiger partial charge in [0.25, 0.3) is 0 Å². The van der Waals surface area contributed by atoms with E-state index < -0.39 is 5.95 Å². The number of urea groups is 1. The van der Waals surface area contributed by atoms with Gasteiger partial charge in [-0.1, -0.05) is 0 Å². The van der Waals surface area contributed by atoms with Gasteiger partial charge in [0.1, 0.15) is 0 Å². The van der Waals surface area contributed by atoms with Crippen LogP contribution in [0, 0.1) is 5.95 Å². The second kappa shape index (κ2) is 5.30. The summed E-state index contributed by atoms with van der Waals surface area (Å²) in [7, 11) is 3.81. The largest absolute Gasteiger partial charge is 0.323 e. The molecule has 1 atom stereocenters. The Hall–Kier alpha value is -1.69. The van der Waals surface area contributed by atoms with Gasteiger partial charge in [0.2, 0.25) is 5.95 Å². The van der Waals surface area contributed by atoms with E-state index in [9.17, 15) is 9.18 Å². The number of hydrogen-bond donors (Lipinski definition) is 1. The van der Waals surface area contributed by atoms with E-state index >= 15 is 0 Å². The first-order valence-corrected chi connectivity index (χ1v) is 5.90. The van der Waals surface area contributed by atoms with E-state index in [-0.39, 0.29) is 12.1 Å². The third kappa shape index (κ3) is 2.95. The van der Waals surface area contributed by atoms with Crippen LogP contribution in [-0.2, 0) is 0 Å². The predicted molar refractivity (Wildman–Crippen MR) is 66.9 cm³/mol. The molecule has 0 unspecified atom stereocenters. The first-order chi connectivity index (χ1) is 8.56. The molecule has 0 aromatic carbocycles. The molecule has 0 saturated carbocycles. The number of nitrogens with one attached hydrogen (secondary N) is 1. The number of likely N-dealkylation sites (tertiary alicyclic amines) is 1. The van der Waals surface area contributed by atoms with Gasteiger partial charge in [-0.05, 0) is 32.1 Å². The Morgan fingerprint density at radius 1 is 1.61 bits per heavy atom. The van der Waals surface area contributed by atoms with Crippen LogP contribution in [0.5, 0.6) is 0 Å². The molecule has 0 bridgehead atoms. The smallest absolute Gasteiger partial charge is 0.321 e. The molecule has 1 aliphatic heterocycles. The molecule has 6 heteroatoms. The molecule has 1 aromatic rings. The van der Waals surface area contributed by atoms with Crippen LogP contribution in [0.3, 0.4) is 0 Å². The van der Waals surface area contributed by atoms with Gasteiger partial charge in [-0.25, -0.2) is 9.78 Å². The molecule has 0 spiro atoms. The Kier molecular flexibility index (Phi) is 3.76. The molecule has 1 aromatic heterocycles. The molecule has 1 N–H and O–H groups in total. The monoisotopic (exact) mass is 252 g/mol. The summed E-state index contributed by atoms with van der Waals surface area (Å²) in [5, 5.41) is 2.70. The zero-order chi connectivity index (χ0) is 13.1. The SMILES string of the molecule is CN1CC[C@H](N(C)C(=O)Nc2ccc(F)nc2)C1. The van der Waals surface area contributed by atoms with Crippen molar-refractivity contribution in [3.05, 3.63) is 24.3 Å². The number of hydrogen-bond acceptors (Lipinski definition) is 3. The van der Waals surface area contributed by atoms with Crippen molar-refractivity contribution >= 4 is 11.7 Å². The maximum Gasteiger partial charge on any atom is 0.321 e. The number of carbonyl (C=O) groups is 1. The van der Waals surface area contributed by atoms with Crippen molar-refractivity contribution in [2.24, 2.45) is 0 Å². The summed E-state index contributed by atoms with van der Waals surface area (Å²) in [5.41, 5.74) is 0.500. The van der Waals surface area contributed by atoms with Crippen molar-refractivity contribution in [2.45, 2.75) is 12.5 Å². The minimum absolute atomic E-state index is 0.191. The van der Waals surface area contributed by atoms with Gasteiger partial charge in [-0.15, -0.1) is 0 Å². The lowest BCUT2D eigenvalue weighted by Gasteiger charge is -2.24. The Morgan fingerprint density at radius 2 is 2.39 bits per heavy atom. The molecular formula is C12H17FN4O. The maximum atomic E-state index is 12.6. The highest BCUT2D eigenvalue weighted by Crippen LogP contribution is 2.14. The Morgan fingerprint density at radius 3 is 2.94 bits per heavy atom. The number of halogens is 1. The molecule has 2 amide bonds. The average Bonchev–Trinajstić information content (AvgIpc) is 2.78. The summed E-state index contributed by atoms with van der Waals surface area (Å²) in [4.78, 5) is 19.3. The van der Waals surface area contributed by atoms with Crippen LogP contribution in [0.15, 0.2) is 18.3 Å². The van der Waals surface area contributed by atoms with E-state index in [0.717, 1.165) is 19.5 Å². The van der Waals surface area contributed by atoms with Crippen molar-refractivity contribution in [1.29, 1.82) is 0 Å². The zero-order valence-electron chi connectivity index (χ0n) is 10.6. The van der Waals surface area contributed by atoms with Crippen LogP contribution in [-0.4, -0.2) is 54.0 Å². The van der Waals surface area contributed by atoms with Gasteiger partial charge in [0.15, 0.2) is 0 Å². The fourth-order valence-electron chi connectivity index (χ4n) is 2.06. The quantitative estimate of drug-likeness (QED) is 0.809. The number of anilines is 1. The Labute approximate surface area is 106 Å². The van der Waals surface area contributed by atoms with Crippen molar-refractivity contribution in [1.82, 2.24) is 14.8 Å². The van der Waals surface area contributed by atoms with Crippen LogP contribution in [0.25, 0.3) is 0 Å². The summed E-state index contributed by atoms with van der Waals surface area (Å²) in [6.07, 6.45) is 2.28. The summed E-state index contributed by atoms with van der Waals surface area (Å²) in [6.45, 7) is 1.88. The zero-order valence-corrected chi connectivity index (χ0v) is 10.6. The standard InChI is InChI=1S/C12H17FN4O/c1-16-6-5-10(8-16)17(2)12(18)15-9-3-4-11(13)14-7-9/h3-4,7,10H,5-6,8H2,1-2H3,(H,15,18)/t10-/m0/s1. The summed E-state index contributed by atoms with van der Waals surface area (Å²) in [5.74, 6) is -0.557. The number of amides is 2. The van der Waals surface area contributed by atoms with Crippen molar-refractivity contribution in [3.8, 4) is 0 Å². The molecule has 2 rings (SSSR count).